The molecule has 40 heavy (non-hydrogen) atoms. The molecule has 2 amide bonds. The number of halogens is 1. The van der Waals surface area contributed by atoms with Gasteiger partial charge >= 0.3 is 0 Å². The van der Waals surface area contributed by atoms with Gasteiger partial charge in [0, 0.05) is 17.5 Å². The number of hydrogen-bond acceptors (Lipinski definition) is 5. The Morgan fingerprint density at radius 3 is 2.10 bits per heavy atom. The molecule has 0 spiro atoms. The lowest BCUT2D eigenvalue weighted by Gasteiger charge is -2.32. The second kappa shape index (κ2) is 13.8. The number of rotatable bonds is 12. The van der Waals surface area contributed by atoms with E-state index in [1.807, 2.05) is 27.0 Å². The first kappa shape index (κ1) is 31.2. The molecule has 10 heteroatoms. The number of nitrogens with zero attached hydrogens (tertiary/aromatic N) is 2. The van der Waals surface area contributed by atoms with Gasteiger partial charge in [-0.25, -0.2) is 12.8 Å². The Balaban J connectivity index is 2.01. The van der Waals surface area contributed by atoms with Crippen LogP contribution in [-0.4, -0.2) is 50.0 Å². The highest BCUT2D eigenvalue weighted by Crippen LogP contribution is 2.26. The molecule has 0 unspecified atom stereocenters. The average Bonchev–Trinajstić information content (AvgIpc) is 2.95. The van der Waals surface area contributed by atoms with Gasteiger partial charge in [0.2, 0.25) is 11.8 Å². The van der Waals surface area contributed by atoms with Gasteiger partial charge in [-0.05, 0) is 87.5 Å². The summed E-state index contributed by atoms with van der Waals surface area (Å²) in [6, 6.07) is 18.0. The van der Waals surface area contributed by atoms with Crippen molar-refractivity contribution in [1.82, 2.24) is 10.2 Å². The fourth-order valence-corrected chi connectivity index (χ4v) is 5.77. The number of anilines is 1. The summed E-state index contributed by atoms with van der Waals surface area (Å²) in [5, 5.41) is 2.89. The minimum atomic E-state index is -4.14. The Bertz CT molecular complexity index is 1400. The van der Waals surface area contributed by atoms with Gasteiger partial charge in [0.25, 0.3) is 10.0 Å². The molecule has 3 aromatic rings. The van der Waals surface area contributed by atoms with E-state index >= 15 is 0 Å². The summed E-state index contributed by atoms with van der Waals surface area (Å²) in [4.78, 5) is 29.3. The van der Waals surface area contributed by atoms with Crippen molar-refractivity contribution in [3.63, 3.8) is 0 Å². The molecule has 214 valence electrons. The zero-order valence-electron chi connectivity index (χ0n) is 23.4. The number of sulfonamides is 1. The summed E-state index contributed by atoms with van der Waals surface area (Å²) in [6.07, 6.45) is 2.61. The Labute approximate surface area is 240 Å². The molecule has 7 nitrogen and oxygen atoms in total. The minimum Gasteiger partial charge on any atom is -0.352 e. The molecule has 0 saturated carbocycles. The standard InChI is InChI=1S/C30H36FN3O4S2/c1-6-22(3)32-30(36)23(4)33(19-24-9-11-25(31)12-10-24)29(35)20-34(26-13-7-21(2)8-14-26)40(37,38)28-17-15-27(39-5)16-18-28/h7-18,22-23H,6,19-20H2,1-5H3,(H,32,36)/t22-,23+/m1/s1. The van der Waals surface area contributed by atoms with Crippen LogP contribution in [0.1, 0.15) is 38.3 Å². The number of benzene rings is 3. The van der Waals surface area contributed by atoms with Crippen molar-refractivity contribution in [3.8, 4) is 0 Å². The third-order valence-electron chi connectivity index (χ3n) is 6.68. The SMILES string of the molecule is CC[C@@H](C)NC(=O)[C@H](C)N(Cc1ccc(F)cc1)C(=O)CN(c1ccc(C)cc1)S(=O)(=O)c1ccc(SC)cc1. The van der Waals surface area contributed by atoms with E-state index in [-0.39, 0.29) is 23.4 Å². The van der Waals surface area contributed by atoms with Crippen molar-refractivity contribution >= 4 is 39.3 Å². The smallest absolute Gasteiger partial charge is 0.264 e. The topological polar surface area (TPSA) is 86.8 Å². The van der Waals surface area contributed by atoms with Crippen LogP contribution < -0.4 is 9.62 Å². The second-order valence-corrected chi connectivity index (χ2v) is 12.4. The van der Waals surface area contributed by atoms with Crippen LogP contribution in [0.4, 0.5) is 10.1 Å². The number of hydrogen-bond donors (Lipinski definition) is 1. The minimum absolute atomic E-state index is 0.00158. The van der Waals surface area contributed by atoms with E-state index in [9.17, 15) is 22.4 Å². The molecule has 0 saturated heterocycles. The fourth-order valence-electron chi connectivity index (χ4n) is 3.95. The summed E-state index contributed by atoms with van der Waals surface area (Å²) in [6.45, 7) is 6.76. The zero-order chi connectivity index (χ0) is 29.4. The molecule has 0 fully saturated rings. The van der Waals surface area contributed by atoms with Crippen LogP contribution in [0.2, 0.25) is 0 Å². The van der Waals surface area contributed by atoms with Crippen LogP contribution in [-0.2, 0) is 26.2 Å². The Kier molecular flexibility index (Phi) is 10.8. The predicted octanol–water partition coefficient (Wildman–Crippen LogP) is 5.38. The van der Waals surface area contributed by atoms with E-state index < -0.39 is 34.3 Å². The first-order valence-corrected chi connectivity index (χ1v) is 15.7. The lowest BCUT2D eigenvalue weighted by molar-refractivity contribution is -0.139. The number of carbonyl (C=O) groups excluding carboxylic acids is 2. The summed E-state index contributed by atoms with van der Waals surface area (Å²) < 4.78 is 42.4. The van der Waals surface area contributed by atoms with Gasteiger partial charge in [-0.1, -0.05) is 36.8 Å². The number of thioether (sulfide) groups is 1. The van der Waals surface area contributed by atoms with E-state index in [1.54, 1.807) is 43.3 Å². The van der Waals surface area contributed by atoms with Crippen LogP contribution in [0.15, 0.2) is 82.6 Å². The van der Waals surface area contributed by atoms with Crippen LogP contribution in [0.5, 0.6) is 0 Å². The summed E-state index contributed by atoms with van der Waals surface area (Å²) in [5.41, 5.74) is 1.87. The van der Waals surface area contributed by atoms with Crippen LogP contribution in [0, 0.1) is 12.7 Å². The van der Waals surface area contributed by atoms with Gasteiger partial charge in [0.15, 0.2) is 0 Å². The number of amides is 2. The van der Waals surface area contributed by atoms with Gasteiger partial charge in [-0.15, -0.1) is 11.8 Å². The molecule has 0 aliphatic heterocycles. The quantitative estimate of drug-likeness (QED) is 0.288. The Morgan fingerprint density at radius 2 is 1.55 bits per heavy atom. The van der Waals surface area contributed by atoms with E-state index in [0.717, 1.165) is 14.8 Å². The van der Waals surface area contributed by atoms with Crippen molar-refractivity contribution in [2.45, 2.75) is 62.5 Å². The first-order valence-electron chi connectivity index (χ1n) is 13.0. The lowest BCUT2D eigenvalue weighted by atomic mass is 10.1. The largest absolute Gasteiger partial charge is 0.352 e. The summed E-state index contributed by atoms with van der Waals surface area (Å²) >= 11 is 1.49. The third-order valence-corrected chi connectivity index (χ3v) is 9.21. The number of carbonyl (C=O) groups is 2. The Hall–Kier alpha value is -3.37. The fraction of sp³-hybridized carbons (Fsp3) is 0.333. The lowest BCUT2D eigenvalue weighted by Crippen LogP contribution is -2.52. The van der Waals surface area contributed by atoms with Crippen molar-refractivity contribution < 1.29 is 22.4 Å². The molecule has 0 aliphatic rings. The second-order valence-electron chi connectivity index (χ2n) is 9.66. The summed E-state index contributed by atoms with van der Waals surface area (Å²) in [7, 11) is -4.14. The highest BCUT2D eigenvalue weighted by atomic mass is 32.2. The average molecular weight is 586 g/mol. The molecule has 0 radical (unpaired) electrons. The van der Waals surface area contributed by atoms with E-state index in [4.69, 9.17) is 0 Å². The zero-order valence-corrected chi connectivity index (χ0v) is 25.1. The number of nitrogens with one attached hydrogen (secondary N) is 1. The first-order chi connectivity index (χ1) is 19.0. The summed E-state index contributed by atoms with van der Waals surface area (Å²) in [5.74, 6) is -1.35. The van der Waals surface area contributed by atoms with Gasteiger partial charge in [0.1, 0.15) is 18.4 Å². The van der Waals surface area contributed by atoms with Gasteiger partial charge in [-0.3, -0.25) is 13.9 Å². The normalized spacial score (nSPS) is 12.8. The molecule has 1 N–H and O–H groups in total. The molecule has 3 rings (SSSR count). The van der Waals surface area contributed by atoms with Gasteiger partial charge < -0.3 is 10.2 Å². The van der Waals surface area contributed by atoms with Gasteiger partial charge in [0.05, 0.1) is 10.6 Å². The van der Waals surface area contributed by atoms with Crippen molar-refractivity contribution in [2.24, 2.45) is 0 Å². The van der Waals surface area contributed by atoms with Gasteiger partial charge in [-0.2, -0.15) is 0 Å². The van der Waals surface area contributed by atoms with Crippen LogP contribution >= 0.6 is 11.8 Å². The maximum absolute atomic E-state index is 13.9. The van der Waals surface area contributed by atoms with Crippen molar-refractivity contribution in [1.29, 1.82) is 0 Å². The maximum Gasteiger partial charge on any atom is 0.264 e. The van der Waals surface area contributed by atoms with E-state index in [1.165, 1.54) is 53.1 Å². The molecule has 0 aliphatic carbocycles. The molecule has 2 atom stereocenters. The van der Waals surface area contributed by atoms with E-state index in [2.05, 4.69) is 5.32 Å². The molecular formula is C30H36FN3O4S2. The monoisotopic (exact) mass is 585 g/mol. The molecular weight excluding hydrogens is 549 g/mol. The highest BCUT2D eigenvalue weighted by molar-refractivity contribution is 7.98. The predicted molar refractivity (Wildman–Crippen MR) is 158 cm³/mol. The van der Waals surface area contributed by atoms with E-state index in [0.29, 0.717) is 17.7 Å². The molecule has 0 heterocycles. The maximum atomic E-state index is 13.9. The number of aryl methyl sites for hydroxylation is 1. The van der Waals surface area contributed by atoms with Crippen molar-refractivity contribution in [2.75, 3.05) is 17.1 Å². The van der Waals surface area contributed by atoms with Crippen LogP contribution in [0.3, 0.4) is 0 Å². The molecule has 0 aromatic heterocycles. The Morgan fingerprint density at radius 1 is 0.950 bits per heavy atom. The highest BCUT2D eigenvalue weighted by Gasteiger charge is 2.32. The third kappa shape index (κ3) is 7.85. The van der Waals surface area contributed by atoms with Crippen LogP contribution in [0.25, 0.3) is 0 Å². The molecule has 3 aromatic carbocycles. The van der Waals surface area contributed by atoms with Crippen molar-refractivity contribution in [3.05, 3.63) is 89.7 Å². The molecule has 0 bridgehead atoms.